The average Bonchev–Trinajstić information content (AvgIpc) is 1.88. The Labute approximate surface area is 68.6 Å². The Morgan fingerprint density at radius 1 is 1.50 bits per heavy atom. The van der Waals surface area contributed by atoms with E-state index >= 15 is 0 Å². The topological polar surface area (TPSA) is 17.1 Å². The maximum Gasteiger partial charge on any atom is 0.237 e. The molecule has 0 bridgehead atoms. The van der Waals surface area contributed by atoms with Gasteiger partial charge in [-0.05, 0) is 6.07 Å². The van der Waals surface area contributed by atoms with E-state index in [0.29, 0.717) is 21.9 Å². The number of hydrogen-bond donors (Lipinski definition) is 0. The highest BCUT2D eigenvalue weighted by Crippen LogP contribution is 2.17. The zero-order valence-corrected chi connectivity index (χ0v) is 6.58. The lowest BCUT2D eigenvalue weighted by molar-refractivity contribution is -0.289. The molecule has 0 heterocycles. The molecule has 0 saturated heterocycles. The zero-order chi connectivity index (χ0) is 7.56. The Kier molecular flexibility index (Phi) is 2.30. The maximum atomic E-state index is 10.3. The summed E-state index contributed by atoms with van der Waals surface area (Å²) in [5, 5.41) is 0.921. The molecule has 0 saturated carbocycles. The van der Waals surface area contributed by atoms with E-state index in [1.165, 1.54) is 0 Å². The van der Waals surface area contributed by atoms with E-state index in [9.17, 15) is 4.79 Å². The van der Waals surface area contributed by atoms with E-state index in [2.05, 4.69) is 0 Å². The molecule has 0 aliphatic heterocycles. The summed E-state index contributed by atoms with van der Waals surface area (Å²) < 4.78 is 0. The minimum atomic E-state index is 0.402. The molecular weight excluding hydrogens is 171 g/mol. The molecule has 1 rings (SSSR count). The van der Waals surface area contributed by atoms with Gasteiger partial charge in [0.15, 0.2) is 17.9 Å². The Morgan fingerprint density at radius 3 is 2.60 bits per heavy atom. The SMILES string of the molecule is O=Cc1c(Cl)cccc1[ClH+]. The molecule has 0 spiro atoms. The second-order valence-electron chi connectivity index (χ2n) is 1.77. The number of aldehydes is 1. The second kappa shape index (κ2) is 3.04. The third-order valence-corrected chi connectivity index (χ3v) is 1.82. The van der Waals surface area contributed by atoms with Gasteiger partial charge in [0.25, 0.3) is 0 Å². The first-order valence-corrected chi connectivity index (χ1v) is 3.45. The molecule has 1 aromatic carbocycles. The van der Waals surface area contributed by atoms with E-state index in [4.69, 9.17) is 23.2 Å². The molecule has 0 aromatic heterocycles. The van der Waals surface area contributed by atoms with Crippen LogP contribution < -0.4 is 0 Å². The molecule has 0 amide bonds. The summed E-state index contributed by atoms with van der Waals surface area (Å²) in [7, 11) is 0. The predicted octanol–water partition coefficient (Wildman–Crippen LogP) is 1.85. The van der Waals surface area contributed by atoms with Gasteiger partial charge in [0.1, 0.15) is 0 Å². The van der Waals surface area contributed by atoms with Crippen LogP contribution in [0.1, 0.15) is 10.4 Å². The van der Waals surface area contributed by atoms with Crippen molar-refractivity contribution in [1.29, 1.82) is 0 Å². The largest absolute Gasteiger partial charge is 0.298 e. The first-order valence-electron chi connectivity index (χ1n) is 2.66. The third kappa shape index (κ3) is 1.31. The molecule has 1 nitrogen and oxygen atoms in total. The highest BCUT2D eigenvalue weighted by Gasteiger charge is 2.08. The fraction of sp³-hybridized carbons (Fsp3) is 0. The Balaban J connectivity index is 3.30. The van der Waals surface area contributed by atoms with Crippen LogP contribution in [0, 0.1) is 11.6 Å². The lowest BCUT2D eigenvalue weighted by Gasteiger charge is -1.90. The second-order valence-corrected chi connectivity index (χ2v) is 2.62. The number of halogens is 2. The molecule has 10 heavy (non-hydrogen) atoms. The summed E-state index contributed by atoms with van der Waals surface area (Å²) in [6.07, 6.45) is 0.671. The van der Waals surface area contributed by atoms with Crippen molar-refractivity contribution in [3.8, 4) is 0 Å². The first kappa shape index (κ1) is 7.58. The van der Waals surface area contributed by atoms with Crippen LogP contribution in [-0.4, -0.2) is 6.29 Å². The molecule has 52 valence electrons. The van der Waals surface area contributed by atoms with E-state index in [1.54, 1.807) is 18.2 Å². The molecular formula is C7H5Cl2O+. The summed E-state index contributed by atoms with van der Waals surface area (Å²) in [4.78, 5) is 10.3. The summed E-state index contributed by atoms with van der Waals surface area (Å²) >= 11 is 10.5. The van der Waals surface area contributed by atoms with Gasteiger partial charge >= 0.3 is 0 Å². The zero-order valence-electron chi connectivity index (χ0n) is 5.00. The summed E-state index contributed by atoms with van der Waals surface area (Å²) in [6.45, 7) is 0. The molecule has 0 radical (unpaired) electrons. The number of rotatable bonds is 1. The molecule has 0 atom stereocenters. The molecule has 3 heteroatoms. The Hall–Kier alpha value is -0.530. The lowest BCUT2D eigenvalue weighted by atomic mass is 10.2. The van der Waals surface area contributed by atoms with Crippen LogP contribution in [0.25, 0.3) is 0 Å². The maximum absolute atomic E-state index is 10.3. The van der Waals surface area contributed by atoms with Gasteiger partial charge in [-0.3, -0.25) is 4.79 Å². The van der Waals surface area contributed by atoms with Crippen molar-refractivity contribution >= 4 is 17.9 Å². The molecule has 0 aliphatic rings. The fourth-order valence-electron chi connectivity index (χ4n) is 0.632. The van der Waals surface area contributed by atoms with Crippen LogP contribution in [0.15, 0.2) is 18.2 Å². The van der Waals surface area contributed by atoms with Crippen LogP contribution in [0.2, 0.25) is 10.0 Å². The monoisotopic (exact) mass is 175 g/mol. The smallest absolute Gasteiger partial charge is 0.237 e. The highest BCUT2D eigenvalue weighted by atomic mass is 35.5. The minimum Gasteiger partial charge on any atom is -0.298 e. The average molecular weight is 176 g/mol. The van der Waals surface area contributed by atoms with E-state index in [0.717, 1.165) is 0 Å². The number of carbonyl (C=O) groups is 1. The minimum absolute atomic E-state index is 0.402. The van der Waals surface area contributed by atoms with Crippen molar-refractivity contribution in [3.63, 3.8) is 0 Å². The van der Waals surface area contributed by atoms with Crippen molar-refractivity contribution in [2.75, 3.05) is 0 Å². The standard InChI is InChI=1S/C7H5Cl2O/c8-6-2-1-3-7(9)5(6)4-10/h1-4,8H/q+1. The number of carbonyl (C=O) groups excluding carboxylic acids is 1. The van der Waals surface area contributed by atoms with E-state index in [1.807, 2.05) is 0 Å². The Morgan fingerprint density at radius 2 is 2.20 bits per heavy atom. The van der Waals surface area contributed by atoms with Crippen molar-refractivity contribution < 1.29 is 16.4 Å². The van der Waals surface area contributed by atoms with Crippen LogP contribution in [-0.2, 0) is 0 Å². The van der Waals surface area contributed by atoms with Gasteiger partial charge in [0.05, 0.1) is 10.6 Å². The quantitative estimate of drug-likeness (QED) is 0.596. The number of benzene rings is 1. The summed E-state index contributed by atoms with van der Waals surface area (Å²) in [5.41, 5.74) is 0.402. The molecule has 0 fully saturated rings. The van der Waals surface area contributed by atoms with Gasteiger partial charge in [-0.1, -0.05) is 17.7 Å². The normalized spacial score (nSPS) is 9.40. The predicted molar refractivity (Wildman–Crippen MR) is 37.4 cm³/mol. The van der Waals surface area contributed by atoms with Crippen LogP contribution in [0.5, 0.6) is 0 Å². The van der Waals surface area contributed by atoms with Gasteiger partial charge in [-0.2, -0.15) is 0 Å². The van der Waals surface area contributed by atoms with Crippen LogP contribution in [0.4, 0.5) is 0 Å². The fourth-order valence-corrected chi connectivity index (χ4v) is 1.14. The molecule has 0 N–H and O–H groups in total. The van der Waals surface area contributed by atoms with Crippen molar-refractivity contribution in [2.24, 2.45) is 0 Å². The van der Waals surface area contributed by atoms with Crippen molar-refractivity contribution in [3.05, 3.63) is 33.8 Å². The van der Waals surface area contributed by atoms with Crippen LogP contribution in [0.3, 0.4) is 0 Å². The van der Waals surface area contributed by atoms with E-state index < -0.39 is 0 Å². The third-order valence-electron chi connectivity index (χ3n) is 1.13. The lowest BCUT2D eigenvalue weighted by Crippen LogP contribution is -1.84. The number of hydrogen-bond acceptors (Lipinski definition) is 1. The Bertz CT molecular complexity index is 238. The van der Waals surface area contributed by atoms with Gasteiger partial charge in [-0.25, -0.2) is 0 Å². The van der Waals surface area contributed by atoms with Crippen LogP contribution >= 0.6 is 11.6 Å². The van der Waals surface area contributed by atoms with Crippen molar-refractivity contribution in [2.45, 2.75) is 0 Å². The van der Waals surface area contributed by atoms with Crippen molar-refractivity contribution in [1.82, 2.24) is 0 Å². The van der Waals surface area contributed by atoms with Gasteiger partial charge in [0.2, 0.25) is 5.02 Å². The van der Waals surface area contributed by atoms with Gasteiger partial charge in [-0.15, -0.1) is 0 Å². The molecule has 0 aliphatic carbocycles. The summed E-state index contributed by atoms with van der Waals surface area (Å²) in [5.74, 6) is 0. The molecule has 0 unspecified atom stereocenters. The molecule has 1 aromatic rings. The van der Waals surface area contributed by atoms with Gasteiger partial charge < -0.3 is 0 Å². The van der Waals surface area contributed by atoms with Gasteiger partial charge in [0, 0.05) is 6.07 Å². The van der Waals surface area contributed by atoms with E-state index in [-0.39, 0.29) is 0 Å². The first-order chi connectivity index (χ1) is 4.75. The summed E-state index contributed by atoms with van der Waals surface area (Å²) in [6, 6.07) is 5.03. The highest BCUT2D eigenvalue weighted by molar-refractivity contribution is 6.33.